The van der Waals surface area contributed by atoms with Gasteiger partial charge >= 0.3 is 0 Å². The molecule has 0 aromatic heterocycles. The summed E-state index contributed by atoms with van der Waals surface area (Å²) in [4.78, 5) is 0.127. The van der Waals surface area contributed by atoms with Gasteiger partial charge in [-0.2, -0.15) is 0 Å². The quantitative estimate of drug-likeness (QED) is 0.769. The Kier molecular flexibility index (Phi) is 4.93. The van der Waals surface area contributed by atoms with Gasteiger partial charge in [-0.05, 0) is 41.1 Å². The number of hydrogen-bond acceptors (Lipinski definition) is 4. The second-order valence-electron chi connectivity index (χ2n) is 4.77. The van der Waals surface area contributed by atoms with Crippen LogP contribution in [0, 0.1) is 0 Å². The molecule has 2 N–H and O–H groups in total. The van der Waals surface area contributed by atoms with Gasteiger partial charge in [0.1, 0.15) is 5.60 Å². The minimum absolute atomic E-state index is 0.0740. The highest BCUT2D eigenvalue weighted by Gasteiger charge is 2.40. The van der Waals surface area contributed by atoms with E-state index in [1.54, 1.807) is 19.1 Å². The highest BCUT2D eigenvalue weighted by molar-refractivity contribution is 9.11. The van der Waals surface area contributed by atoms with E-state index in [2.05, 4.69) is 36.6 Å². The van der Waals surface area contributed by atoms with Crippen LogP contribution in [0.4, 0.5) is 0 Å². The molecular weight excluding hydrogens is 414 g/mol. The average molecular weight is 429 g/mol. The van der Waals surface area contributed by atoms with Gasteiger partial charge in [-0.1, -0.05) is 15.9 Å². The van der Waals surface area contributed by atoms with Gasteiger partial charge in [0.2, 0.25) is 10.0 Å². The Balaban J connectivity index is 2.18. The smallest absolute Gasteiger partial charge is 0.241 e. The zero-order chi connectivity index (χ0) is 15.0. The first-order valence-corrected chi connectivity index (χ1v) is 9.10. The molecule has 1 aliphatic heterocycles. The standard InChI is InChI=1S/C12H15Br2NO4S/c1-8-12(16,4-5-19-8)7-15-20(17,18)11-6-9(13)2-3-10(11)14/h2-3,6,8,15-16H,4-5,7H2,1H3. The van der Waals surface area contributed by atoms with Crippen molar-refractivity contribution >= 4 is 41.9 Å². The lowest BCUT2D eigenvalue weighted by Crippen LogP contribution is -2.47. The number of sulfonamides is 1. The number of rotatable bonds is 4. The second-order valence-corrected chi connectivity index (χ2v) is 8.27. The van der Waals surface area contributed by atoms with Crippen LogP contribution in [0.3, 0.4) is 0 Å². The molecule has 1 aromatic carbocycles. The SMILES string of the molecule is CC1OCCC1(O)CNS(=O)(=O)c1cc(Br)ccc1Br. The first kappa shape index (κ1) is 16.4. The van der Waals surface area contributed by atoms with Crippen molar-refractivity contribution in [1.29, 1.82) is 0 Å². The van der Waals surface area contributed by atoms with E-state index in [-0.39, 0.29) is 11.4 Å². The molecule has 0 amide bonds. The molecule has 0 radical (unpaired) electrons. The van der Waals surface area contributed by atoms with Crippen LogP contribution in [0.25, 0.3) is 0 Å². The maximum absolute atomic E-state index is 12.3. The molecule has 0 aliphatic carbocycles. The summed E-state index contributed by atoms with van der Waals surface area (Å²) in [7, 11) is -3.70. The minimum atomic E-state index is -3.70. The van der Waals surface area contributed by atoms with E-state index in [0.29, 0.717) is 22.0 Å². The Morgan fingerprint density at radius 3 is 2.80 bits per heavy atom. The fourth-order valence-electron chi connectivity index (χ4n) is 1.98. The molecule has 0 saturated carbocycles. The molecule has 112 valence electrons. The molecule has 1 heterocycles. The van der Waals surface area contributed by atoms with Crippen LogP contribution >= 0.6 is 31.9 Å². The van der Waals surface area contributed by atoms with Crippen molar-refractivity contribution in [2.24, 2.45) is 0 Å². The number of hydrogen-bond donors (Lipinski definition) is 2. The van der Waals surface area contributed by atoms with Crippen LogP contribution in [0.1, 0.15) is 13.3 Å². The molecule has 2 unspecified atom stereocenters. The van der Waals surface area contributed by atoms with Crippen molar-refractivity contribution in [2.75, 3.05) is 13.2 Å². The monoisotopic (exact) mass is 427 g/mol. The highest BCUT2D eigenvalue weighted by Crippen LogP contribution is 2.28. The Labute approximate surface area is 135 Å². The predicted octanol–water partition coefficient (Wildman–Crippen LogP) is 2.03. The summed E-state index contributed by atoms with van der Waals surface area (Å²) in [6.07, 6.45) is 0.0206. The van der Waals surface area contributed by atoms with Crippen molar-refractivity contribution in [3.8, 4) is 0 Å². The fourth-order valence-corrected chi connectivity index (χ4v) is 4.58. The van der Waals surface area contributed by atoms with Gasteiger partial charge in [0.05, 0.1) is 11.0 Å². The zero-order valence-electron chi connectivity index (χ0n) is 10.8. The topological polar surface area (TPSA) is 75.6 Å². The molecule has 0 bridgehead atoms. The van der Waals surface area contributed by atoms with Gasteiger partial charge < -0.3 is 9.84 Å². The Bertz CT molecular complexity index is 607. The molecular formula is C12H15Br2NO4S. The molecule has 0 spiro atoms. The van der Waals surface area contributed by atoms with Crippen LogP contribution in [-0.4, -0.2) is 38.4 Å². The summed E-state index contributed by atoms with van der Waals surface area (Å²) in [5.41, 5.74) is -1.16. The summed E-state index contributed by atoms with van der Waals surface area (Å²) in [5.74, 6) is 0. The lowest BCUT2D eigenvalue weighted by atomic mass is 9.97. The van der Waals surface area contributed by atoms with Gasteiger partial charge in [-0.3, -0.25) is 0 Å². The van der Waals surface area contributed by atoms with E-state index in [4.69, 9.17) is 4.74 Å². The molecule has 20 heavy (non-hydrogen) atoms. The summed E-state index contributed by atoms with van der Waals surface area (Å²) >= 11 is 6.46. The third-order valence-corrected chi connectivity index (χ3v) is 6.30. The van der Waals surface area contributed by atoms with Crippen LogP contribution in [0.5, 0.6) is 0 Å². The van der Waals surface area contributed by atoms with Gasteiger partial charge in [0.25, 0.3) is 0 Å². The predicted molar refractivity (Wildman–Crippen MR) is 82.0 cm³/mol. The van der Waals surface area contributed by atoms with E-state index in [1.165, 1.54) is 6.07 Å². The van der Waals surface area contributed by atoms with Crippen molar-refractivity contribution in [2.45, 2.75) is 29.9 Å². The van der Waals surface area contributed by atoms with Gasteiger partial charge in [0.15, 0.2) is 0 Å². The third-order valence-electron chi connectivity index (χ3n) is 3.41. The van der Waals surface area contributed by atoms with E-state index in [0.717, 1.165) is 0 Å². The lowest BCUT2D eigenvalue weighted by Gasteiger charge is -2.26. The molecule has 1 fully saturated rings. The summed E-state index contributed by atoms with van der Waals surface area (Å²) in [6.45, 7) is 2.09. The number of aliphatic hydroxyl groups is 1. The maximum atomic E-state index is 12.3. The van der Waals surface area contributed by atoms with Crippen molar-refractivity contribution in [3.05, 3.63) is 27.1 Å². The molecule has 8 heteroatoms. The maximum Gasteiger partial charge on any atom is 0.241 e. The van der Waals surface area contributed by atoms with Crippen LogP contribution in [0.2, 0.25) is 0 Å². The summed E-state index contributed by atoms with van der Waals surface area (Å²) in [5, 5.41) is 10.3. The third kappa shape index (κ3) is 3.42. The number of nitrogens with one attached hydrogen (secondary N) is 1. The Morgan fingerprint density at radius 2 is 2.20 bits per heavy atom. The fraction of sp³-hybridized carbons (Fsp3) is 0.500. The number of benzene rings is 1. The Hall–Kier alpha value is 0.01000. The zero-order valence-corrected chi connectivity index (χ0v) is 14.8. The first-order valence-electron chi connectivity index (χ1n) is 6.03. The van der Waals surface area contributed by atoms with Crippen LogP contribution in [0.15, 0.2) is 32.0 Å². The van der Waals surface area contributed by atoms with Crippen LogP contribution in [-0.2, 0) is 14.8 Å². The van der Waals surface area contributed by atoms with Gasteiger partial charge in [-0.25, -0.2) is 13.1 Å². The van der Waals surface area contributed by atoms with E-state index in [9.17, 15) is 13.5 Å². The molecule has 1 aromatic rings. The largest absolute Gasteiger partial charge is 0.386 e. The molecule has 1 saturated heterocycles. The van der Waals surface area contributed by atoms with Gasteiger partial charge in [0, 0.05) is 28.5 Å². The van der Waals surface area contributed by atoms with E-state index < -0.39 is 21.7 Å². The van der Waals surface area contributed by atoms with E-state index >= 15 is 0 Å². The first-order chi connectivity index (χ1) is 9.24. The molecule has 1 aliphatic rings. The van der Waals surface area contributed by atoms with E-state index in [1.807, 2.05) is 0 Å². The van der Waals surface area contributed by atoms with Crippen molar-refractivity contribution < 1.29 is 18.3 Å². The summed E-state index contributed by atoms with van der Waals surface area (Å²) < 4.78 is 33.5. The minimum Gasteiger partial charge on any atom is -0.386 e. The lowest BCUT2D eigenvalue weighted by molar-refractivity contribution is -0.0228. The highest BCUT2D eigenvalue weighted by atomic mass is 79.9. The summed E-state index contributed by atoms with van der Waals surface area (Å²) in [6, 6.07) is 4.89. The normalized spacial score (nSPS) is 26.9. The average Bonchev–Trinajstić information content (AvgIpc) is 2.71. The molecule has 2 rings (SSSR count). The van der Waals surface area contributed by atoms with Crippen LogP contribution < -0.4 is 4.72 Å². The number of halogens is 2. The van der Waals surface area contributed by atoms with Crippen molar-refractivity contribution in [3.63, 3.8) is 0 Å². The Morgan fingerprint density at radius 1 is 1.50 bits per heavy atom. The molecule has 5 nitrogen and oxygen atoms in total. The number of ether oxygens (including phenoxy) is 1. The van der Waals surface area contributed by atoms with Gasteiger partial charge in [-0.15, -0.1) is 0 Å². The van der Waals surface area contributed by atoms with Crippen molar-refractivity contribution in [1.82, 2.24) is 4.72 Å². The molecule has 2 atom stereocenters. The second kappa shape index (κ2) is 6.02.